The van der Waals surface area contributed by atoms with E-state index in [9.17, 15) is 14.4 Å². The van der Waals surface area contributed by atoms with Gasteiger partial charge in [-0.15, -0.1) is 0 Å². The highest BCUT2D eigenvalue weighted by molar-refractivity contribution is 6.09. The van der Waals surface area contributed by atoms with E-state index in [1.165, 1.54) is 0 Å². The Labute approximate surface area is 141 Å². The van der Waals surface area contributed by atoms with Crippen LogP contribution >= 0.6 is 0 Å². The van der Waals surface area contributed by atoms with Gasteiger partial charge >= 0.3 is 12.0 Å². The smallest absolute Gasteiger partial charge is 0.326 e. The summed E-state index contributed by atoms with van der Waals surface area (Å²) in [6.07, 6.45) is 2.23. The van der Waals surface area contributed by atoms with E-state index in [1.807, 2.05) is 24.3 Å². The number of nitrogens with zero attached hydrogens (tertiary/aromatic N) is 1. The summed E-state index contributed by atoms with van der Waals surface area (Å²) in [5, 5.41) is 2.82. The van der Waals surface area contributed by atoms with Gasteiger partial charge in [-0.05, 0) is 51.2 Å². The van der Waals surface area contributed by atoms with Crippen LogP contribution in [0.5, 0.6) is 0 Å². The van der Waals surface area contributed by atoms with E-state index in [-0.39, 0.29) is 12.5 Å². The van der Waals surface area contributed by atoms with Gasteiger partial charge < -0.3 is 10.1 Å². The van der Waals surface area contributed by atoms with Crippen LogP contribution in [0.4, 0.5) is 4.79 Å². The first-order valence-electron chi connectivity index (χ1n) is 8.17. The number of fused-ring (bicyclic) bond motifs is 2. The Kier molecular flexibility index (Phi) is 3.86. The Balaban J connectivity index is 1.87. The fourth-order valence-corrected chi connectivity index (χ4v) is 3.46. The molecule has 1 aliphatic heterocycles. The lowest BCUT2D eigenvalue weighted by Gasteiger charge is -2.33. The number of imide groups is 1. The molecular weight excluding hydrogens is 308 g/mol. The molecule has 24 heavy (non-hydrogen) atoms. The highest BCUT2D eigenvalue weighted by atomic mass is 16.6. The van der Waals surface area contributed by atoms with Crippen LogP contribution in [0.15, 0.2) is 24.3 Å². The maximum atomic E-state index is 13.0. The quantitative estimate of drug-likeness (QED) is 0.666. The van der Waals surface area contributed by atoms with E-state index in [2.05, 4.69) is 5.32 Å². The van der Waals surface area contributed by atoms with Crippen molar-refractivity contribution in [3.05, 3.63) is 35.4 Å². The Morgan fingerprint density at radius 2 is 2.00 bits per heavy atom. The second-order valence-electron chi connectivity index (χ2n) is 7.32. The van der Waals surface area contributed by atoms with Crippen molar-refractivity contribution < 1.29 is 19.1 Å². The second kappa shape index (κ2) is 5.61. The van der Waals surface area contributed by atoms with Crippen LogP contribution in [-0.4, -0.2) is 35.0 Å². The summed E-state index contributed by atoms with van der Waals surface area (Å²) in [6.45, 7) is 4.87. The van der Waals surface area contributed by atoms with Crippen molar-refractivity contribution in [3.63, 3.8) is 0 Å². The molecule has 0 saturated carbocycles. The van der Waals surface area contributed by atoms with Gasteiger partial charge in [-0.3, -0.25) is 14.5 Å². The molecule has 3 rings (SSSR count). The molecule has 1 heterocycles. The van der Waals surface area contributed by atoms with E-state index >= 15 is 0 Å². The van der Waals surface area contributed by atoms with Gasteiger partial charge in [0.15, 0.2) is 0 Å². The lowest BCUT2D eigenvalue weighted by molar-refractivity contribution is -0.157. The number of carbonyl (C=O) groups excluding carboxylic acids is 3. The van der Waals surface area contributed by atoms with Crippen molar-refractivity contribution in [2.45, 2.75) is 51.2 Å². The average molecular weight is 330 g/mol. The number of hydrogen-bond acceptors (Lipinski definition) is 4. The monoisotopic (exact) mass is 330 g/mol. The van der Waals surface area contributed by atoms with E-state index in [1.54, 1.807) is 20.8 Å². The van der Waals surface area contributed by atoms with Crippen molar-refractivity contribution in [3.8, 4) is 0 Å². The number of aryl methyl sites for hydroxylation is 1. The van der Waals surface area contributed by atoms with Crippen LogP contribution in [0.3, 0.4) is 0 Å². The van der Waals surface area contributed by atoms with Gasteiger partial charge in [-0.25, -0.2) is 4.79 Å². The van der Waals surface area contributed by atoms with Crippen molar-refractivity contribution in [1.29, 1.82) is 0 Å². The normalized spacial score (nSPS) is 23.2. The van der Waals surface area contributed by atoms with Gasteiger partial charge in [-0.2, -0.15) is 0 Å². The summed E-state index contributed by atoms with van der Waals surface area (Å²) in [5.41, 5.74) is 0.192. The predicted octanol–water partition coefficient (Wildman–Crippen LogP) is 2.11. The SMILES string of the molecule is CC(C)(C)OC(=O)CN1C(=O)N[C@@]2(CCCc3ccccc32)C1=O. The summed E-state index contributed by atoms with van der Waals surface area (Å²) in [6, 6.07) is 7.11. The van der Waals surface area contributed by atoms with Crippen LogP contribution in [0.1, 0.15) is 44.7 Å². The summed E-state index contributed by atoms with van der Waals surface area (Å²) in [7, 11) is 0. The van der Waals surface area contributed by atoms with Crippen LogP contribution in [0.2, 0.25) is 0 Å². The minimum Gasteiger partial charge on any atom is -0.459 e. The minimum atomic E-state index is -1.05. The first-order chi connectivity index (χ1) is 11.2. The average Bonchev–Trinajstić information content (AvgIpc) is 2.71. The summed E-state index contributed by atoms with van der Waals surface area (Å²) in [4.78, 5) is 38.3. The number of urea groups is 1. The van der Waals surface area contributed by atoms with Crippen molar-refractivity contribution >= 4 is 17.9 Å². The largest absolute Gasteiger partial charge is 0.459 e. The van der Waals surface area contributed by atoms with Gasteiger partial charge in [0, 0.05) is 0 Å². The Morgan fingerprint density at radius 3 is 2.71 bits per heavy atom. The molecule has 1 fully saturated rings. The van der Waals surface area contributed by atoms with Crippen molar-refractivity contribution in [1.82, 2.24) is 10.2 Å². The first kappa shape index (κ1) is 16.5. The van der Waals surface area contributed by atoms with Crippen LogP contribution < -0.4 is 5.32 Å². The van der Waals surface area contributed by atoms with E-state index in [0.29, 0.717) is 6.42 Å². The molecule has 0 radical (unpaired) electrons. The van der Waals surface area contributed by atoms with Crippen molar-refractivity contribution in [2.24, 2.45) is 0 Å². The number of nitrogens with one attached hydrogen (secondary N) is 1. The van der Waals surface area contributed by atoms with Crippen molar-refractivity contribution in [2.75, 3.05) is 6.54 Å². The molecule has 6 heteroatoms. The Morgan fingerprint density at radius 1 is 1.29 bits per heavy atom. The number of benzene rings is 1. The number of ether oxygens (including phenoxy) is 1. The van der Waals surface area contributed by atoms with Gasteiger partial charge in [0.1, 0.15) is 17.7 Å². The molecule has 1 aromatic carbocycles. The molecule has 1 aliphatic carbocycles. The molecule has 1 saturated heterocycles. The number of esters is 1. The first-order valence-corrected chi connectivity index (χ1v) is 8.17. The molecule has 0 unspecified atom stereocenters. The predicted molar refractivity (Wildman–Crippen MR) is 87.1 cm³/mol. The van der Waals surface area contributed by atoms with Gasteiger partial charge in [0.2, 0.25) is 0 Å². The third-order valence-corrected chi connectivity index (χ3v) is 4.36. The molecular formula is C18H22N2O4. The molecule has 1 spiro atoms. The molecule has 6 nitrogen and oxygen atoms in total. The maximum Gasteiger partial charge on any atom is 0.326 e. The number of amides is 3. The Bertz CT molecular complexity index is 707. The van der Waals surface area contributed by atoms with Crippen LogP contribution in [-0.2, 0) is 26.3 Å². The second-order valence-corrected chi connectivity index (χ2v) is 7.32. The maximum absolute atomic E-state index is 13.0. The Hall–Kier alpha value is -2.37. The molecule has 1 N–H and O–H groups in total. The molecule has 1 aromatic rings. The fraction of sp³-hybridized carbons (Fsp3) is 0.500. The van der Waals surface area contributed by atoms with E-state index in [4.69, 9.17) is 4.74 Å². The van der Waals surface area contributed by atoms with Gasteiger partial charge in [0.05, 0.1) is 0 Å². The number of carbonyl (C=O) groups is 3. The lowest BCUT2D eigenvalue weighted by Crippen LogP contribution is -2.47. The van der Waals surface area contributed by atoms with E-state index < -0.39 is 23.1 Å². The minimum absolute atomic E-state index is 0.369. The highest BCUT2D eigenvalue weighted by Crippen LogP contribution is 2.39. The topological polar surface area (TPSA) is 75.7 Å². The zero-order valence-corrected chi connectivity index (χ0v) is 14.2. The van der Waals surface area contributed by atoms with Crippen LogP contribution in [0.25, 0.3) is 0 Å². The van der Waals surface area contributed by atoms with E-state index in [0.717, 1.165) is 28.9 Å². The van der Waals surface area contributed by atoms with Gasteiger partial charge in [0.25, 0.3) is 5.91 Å². The molecule has 3 amide bonds. The molecule has 128 valence electrons. The molecule has 0 bridgehead atoms. The third kappa shape index (κ3) is 2.77. The third-order valence-electron chi connectivity index (χ3n) is 4.36. The molecule has 2 aliphatic rings. The molecule has 1 atom stereocenters. The summed E-state index contributed by atoms with van der Waals surface area (Å²) >= 11 is 0. The molecule has 0 aromatic heterocycles. The summed E-state index contributed by atoms with van der Waals surface area (Å²) in [5.74, 6) is -0.961. The fourth-order valence-electron chi connectivity index (χ4n) is 3.46. The zero-order valence-electron chi connectivity index (χ0n) is 14.2. The lowest BCUT2D eigenvalue weighted by atomic mass is 9.76. The standard InChI is InChI=1S/C18H22N2O4/c1-17(2,3)24-14(21)11-20-15(22)18(19-16(20)23)10-6-8-12-7-4-5-9-13(12)18/h4-5,7,9H,6,8,10-11H2,1-3H3,(H,19,23)/t18-/m1/s1. The van der Waals surface area contributed by atoms with Crippen LogP contribution in [0, 0.1) is 0 Å². The summed E-state index contributed by atoms with van der Waals surface area (Å²) < 4.78 is 5.23. The number of hydrogen-bond donors (Lipinski definition) is 1. The zero-order chi connectivity index (χ0) is 17.5. The number of rotatable bonds is 2. The van der Waals surface area contributed by atoms with Gasteiger partial charge in [-0.1, -0.05) is 24.3 Å². The highest BCUT2D eigenvalue weighted by Gasteiger charge is 2.54.